The molecule has 0 fully saturated rings. The zero-order valence-corrected chi connectivity index (χ0v) is 12.3. The van der Waals surface area contributed by atoms with E-state index in [0.29, 0.717) is 5.92 Å². The summed E-state index contributed by atoms with van der Waals surface area (Å²) in [5.74, 6) is 1.54. The van der Waals surface area contributed by atoms with E-state index in [4.69, 9.17) is 4.74 Å². The van der Waals surface area contributed by atoms with Crippen molar-refractivity contribution in [2.75, 3.05) is 7.11 Å². The maximum absolute atomic E-state index is 5.40. The van der Waals surface area contributed by atoms with Crippen molar-refractivity contribution in [1.29, 1.82) is 0 Å². The van der Waals surface area contributed by atoms with Gasteiger partial charge in [-0.2, -0.15) is 0 Å². The van der Waals surface area contributed by atoms with Crippen molar-refractivity contribution in [3.05, 3.63) is 30.0 Å². The summed E-state index contributed by atoms with van der Waals surface area (Å²) in [4.78, 5) is 3.37. The summed E-state index contributed by atoms with van der Waals surface area (Å²) < 4.78 is 5.40. The summed E-state index contributed by atoms with van der Waals surface area (Å²) >= 11 is 0. The van der Waals surface area contributed by atoms with Gasteiger partial charge in [-0.3, -0.25) is 0 Å². The van der Waals surface area contributed by atoms with Gasteiger partial charge >= 0.3 is 0 Å². The molecule has 1 unspecified atom stereocenters. The molecule has 0 bridgehead atoms. The quantitative estimate of drug-likeness (QED) is 0.675. The summed E-state index contributed by atoms with van der Waals surface area (Å²) in [6.45, 7) is 4.59. The zero-order valence-electron chi connectivity index (χ0n) is 12.3. The lowest BCUT2D eigenvalue weighted by molar-refractivity contribution is 0.419. The van der Waals surface area contributed by atoms with Crippen LogP contribution in [0.2, 0.25) is 0 Å². The number of fused-ring (bicyclic) bond motifs is 1. The number of hydrogen-bond acceptors (Lipinski definition) is 1. The van der Waals surface area contributed by atoms with Gasteiger partial charge in [0.15, 0.2) is 0 Å². The van der Waals surface area contributed by atoms with Crippen LogP contribution in [0.3, 0.4) is 0 Å². The van der Waals surface area contributed by atoms with E-state index in [1.807, 2.05) is 6.07 Å². The SMILES string of the molecule is CCCCCCC(C)c1c[nH]c2c(OC)cccc12. The normalized spacial score (nSPS) is 12.8. The number of benzene rings is 1. The van der Waals surface area contributed by atoms with E-state index in [0.717, 1.165) is 11.3 Å². The minimum Gasteiger partial charge on any atom is -0.495 e. The number of H-pyrrole nitrogens is 1. The Morgan fingerprint density at radius 2 is 2.05 bits per heavy atom. The second kappa shape index (κ2) is 6.65. The van der Waals surface area contributed by atoms with Gasteiger partial charge in [0, 0.05) is 11.6 Å². The molecule has 2 heteroatoms. The number of para-hydroxylation sites is 1. The standard InChI is InChI=1S/C17H25NO/c1-4-5-6-7-9-13(2)15-12-18-17-14(15)10-8-11-16(17)19-3/h8,10-13,18H,4-7,9H2,1-3H3. The van der Waals surface area contributed by atoms with Crippen LogP contribution in [-0.4, -0.2) is 12.1 Å². The highest BCUT2D eigenvalue weighted by Gasteiger charge is 2.13. The topological polar surface area (TPSA) is 25.0 Å². The molecule has 2 nitrogen and oxygen atoms in total. The van der Waals surface area contributed by atoms with Crippen LogP contribution >= 0.6 is 0 Å². The number of ether oxygens (including phenoxy) is 1. The molecule has 19 heavy (non-hydrogen) atoms. The number of methoxy groups -OCH3 is 1. The Bertz CT molecular complexity index is 515. The molecule has 0 aliphatic heterocycles. The van der Waals surface area contributed by atoms with Gasteiger partial charge in [0.2, 0.25) is 0 Å². The van der Waals surface area contributed by atoms with Crippen molar-refractivity contribution in [3.63, 3.8) is 0 Å². The van der Waals surface area contributed by atoms with E-state index in [2.05, 4.69) is 37.2 Å². The third-order valence-electron chi connectivity index (χ3n) is 3.95. The van der Waals surface area contributed by atoms with Crippen molar-refractivity contribution in [3.8, 4) is 5.75 Å². The van der Waals surface area contributed by atoms with Gasteiger partial charge < -0.3 is 9.72 Å². The molecule has 1 aromatic carbocycles. The molecule has 0 amide bonds. The first-order valence-electron chi connectivity index (χ1n) is 7.42. The summed E-state index contributed by atoms with van der Waals surface area (Å²) in [6.07, 6.45) is 8.76. The smallest absolute Gasteiger partial charge is 0.142 e. The summed E-state index contributed by atoms with van der Waals surface area (Å²) in [5.41, 5.74) is 2.55. The first-order valence-corrected chi connectivity index (χ1v) is 7.42. The van der Waals surface area contributed by atoms with Crippen LogP contribution in [0.15, 0.2) is 24.4 Å². The number of nitrogens with one attached hydrogen (secondary N) is 1. The van der Waals surface area contributed by atoms with E-state index < -0.39 is 0 Å². The second-order valence-corrected chi connectivity index (χ2v) is 5.38. The van der Waals surface area contributed by atoms with Gasteiger partial charge in [-0.1, -0.05) is 51.7 Å². The van der Waals surface area contributed by atoms with Crippen molar-refractivity contribution in [2.24, 2.45) is 0 Å². The van der Waals surface area contributed by atoms with Gasteiger partial charge in [0.1, 0.15) is 5.75 Å². The fraction of sp³-hybridized carbons (Fsp3) is 0.529. The van der Waals surface area contributed by atoms with E-state index in [1.165, 1.54) is 43.1 Å². The molecule has 2 rings (SSSR count). The molecule has 0 spiro atoms. The van der Waals surface area contributed by atoms with Crippen LogP contribution in [0.5, 0.6) is 5.75 Å². The van der Waals surface area contributed by atoms with E-state index in [1.54, 1.807) is 7.11 Å². The van der Waals surface area contributed by atoms with Gasteiger partial charge in [0.25, 0.3) is 0 Å². The molecule has 1 aromatic heterocycles. The summed E-state index contributed by atoms with van der Waals surface area (Å²) in [7, 11) is 1.73. The third-order valence-corrected chi connectivity index (χ3v) is 3.95. The maximum Gasteiger partial charge on any atom is 0.142 e. The lowest BCUT2D eigenvalue weighted by Gasteiger charge is -2.10. The Morgan fingerprint density at radius 3 is 2.79 bits per heavy atom. The Kier molecular flexibility index (Phi) is 4.89. The number of aromatic amines is 1. The van der Waals surface area contributed by atoms with Crippen LogP contribution in [0.1, 0.15) is 57.4 Å². The molecule has 0 aliphatic rings. The first-order chi connectivity index (χ1) is 9.27. The van der Waals surface area contributed by atoms with Gasteiger partial charge in [-0.15, -0.1) is 0 Å². The average molecular weight is 259 g/mol. The Hall–Kier alpha value is -1.44. The number of rotatable bonds is 7. The highest BCUT2D eigenvalue weighted by molar-refractivity contribution is 5.88. The Morgan fingerprint density at radius 1 is 1.21 bits per heavy atom. The van der Waals surface area contributed by atoms with Crippen LogP contribution in [0.25, 0.3) is 10.9 Å². The van der Waals surface area contributed by atoms with E-state index in [9.17, 15) is 0 Å². The fourth-order valence-corrected chi connectivity index (χ4v) is 2.76. The minimum absolute atomic E-state index is 0.609. The number of aromatic nitrogens is 1. The van der Waals surface area contributed by atoms with Gasteiger partial charge in [-0.05, 0) is 24.0 Å². The molecular weight excluding hydrogens is 234 g/mol. The molecule has 0 radical (unpaired) electrons. The monoisotopic (exact) mass is 259 g/mol. The van der Waals surface area contributed by atoms with Crippen molar-refractivity contribution in [1.82, 2.24) is 4.98 Å². The highest BCUT2D eigenvalue weighted by Crippen LogP contribution is 2.33. The number of hydrogen-bond donors (Lipinski definition) is 1. The average Bonchev–Trinajstić information content (AvgIpc) is 2.87. The van der Waals surface area contributed by atoms with Crippen molar-refractivity contribution < 1.29 is 4.74 Å². The number of unbranched alkanes of at least 4 members (excludes halogenated alkanes) is 3. The van der Waals surface area contributed by atoms with Crippen LogP contribution in [0.4, 0.5) is 0 Å². The van der Waals surface area contributed by atoms with E-state index >= 15 is 0 Å². The highest BCUT2D eigenvalue weighted by atomic mass is 16.5. The lowest BCUT2D eigenvalue weighted by Crippen LogP contribution is -1.92. The molecule has 1 atom stereocenters. The largest absolute Gasteiger partial charge is 0.495 e. The van der Waals surface area contributed by atoms with Gasteiger partial charge in [0.05, 0.1) is 12.6 Å². The van der Waals surface area contributed by atoms with Crippen LogP contribution in [0, 0.1) is 0 Å². The predicted octanol–water partition coefficient (Wildman–Crippen LogP) is 5.25. The molecule has 1 heterocycles. The fourth-order valence-electron chi connectivity index (χ4n) is 2.76. The van der Waals surface area contributed by atoms with Crippen LogP contribution < -0.4 is 4.74 Å². The van der Waals surface area contributed by atoms with Crippen molar-refractivity contribution >= 4 is 10.9 Å². The molecule has 2 aromatic rings. The van der Waals surface area contributed by atoms with Crippen molar-refractivity contribution in [2.45, 2.75) is 51.9 Å². The maximum atomic E-state index is 5.40. The second-order valence-electron chi connectivity index (χ2n) is 5.38. The summed E-state index contributed by atoms with van der Waals surface area (Å²) in [5, 5.41) is 1.31. The van der Waals surface area contributed by atoms with E-state index in [-0.39, 0.29) is 0 Å². The zero-order chi connectivity index (χ0) is 13.7. The molecule has 0 saturated carbocycles. The molecule has 1 N–H and O–H groups in total. The molecular formula is C17H25NO. The third kappa shape index (κ3) is 3.12. The van der Waals surface area contributed by atoms with Gasteiger partial charge in [-0.25, -0.2) is 0 Å². The predicted molar refractivity (Wildman–Crippen MR) is 82.0 cm³/mol. The lowest BCUT2D eigenvalue weighted by atomic mass is 9.94. The Balaban J connectivity index is 2.12. The minimum atomic E-state index is 0.609. The Labute approximate surface area is 116 Å². The molecule has 104 valence electrons. The molecule has 0 saturated heterocycles. The van der Waals surface area contributed by atoms with Crippen LogP contribution in [-0.2, 0) is 0 Å². The summed E-state index contributed by atoms with van der Waals surface area (Å²) in [6, 6.07) is 6.27. The molecule has 0 aliphatic carbocycles. The first kappa shape index (κ1) is 14.0.